The molecule has 11 heteroatoms. The zero-order chi connectivity index (χ0) is 30.2. The maximum absolute atomic E-state index is 14.1. The first-order chi connectivity index (χ1) is 19.5. The van der Waals surface area contributed by atoms with Crippen molar-refractivity contribution in [1.82, 2.24) is 10.2 Å². The SMILES string of the molecule is CC[C@H](C)NC(=O)[C@H](C)N(Cc1ccc(Cl)cc1)C(=O)CN(c1cc(OC)ccc1OC)S(=O)(=O)c1ccccc1. The third-order valence-corrected chi connectivity index (χ3v) is 8.73. The Balaban J connectivity index is 2.10. The topological polar surface area (TPSA) is 105 Å². The highest BCUT2D eigenvalue weighted by Crippen LogP contribution is 2.36. The van der Waals surface area contributed by atoms with Gasteiger partial charge in [-0.05, 0) is 62.2 Å². The quantitative estimate of drug-likeness (QED) is 0.299. The lowest BCUT2D eigenvalue weighted by atomic mass is 10.1. The largest absolute Gasteiger partial charge is 0.497 e. The van der Waals surface area contributed by atoms with E-state index in [9.17, 15) is 18.0 Å². The van der Waals surface area contributed by atoms with Crippen molar-refractivity contribution in [3.63, 3.8) is 0 Å². The first kappa shape index (κ1) is 31.8. The van der Waals surface area contributed by atoms with Crippen LogP contribution in [0, 0.1) is 0 Å². The highest BCUT2D eigenvalue weighted by Gasteiger charge is 2.34. The number of halogens is 1. The molecule has 3 aromatic carbocycles. The molecule has 0 saturated heterocycles. The van der Waals surface area contributed by atoms with Crippen LogP contribution in [0.2, 0.25) is 5.02 Å². The number of hydrogen-bond donors (Lipinski definition) is 1. The Hall–Kier alpha value is -3.76. The molecule has 41 heavy (non-hydrogen) atoms. The van der Waals surface area contributed by atoms with Crippen LogP contribution < -0.4 is 19.1 Å². The van der Waals surface area contributed by atoms with E-state index in [-0.39, 0.29) is 34.8 Å². The molecule has 0 spiro atoms. The van der Waals surface area contributed by atoms with E-state index in [4.69, 9.17) is 21.1 Å². The summed E-state index contributed by atoms with van der Waals surface area (Å²) in [5.41, 5.74) is 0.842. The Labute approximate surface area is 247 Å². The number of methoxy groups -OCH3 is 2. The van der Waals surface area contributed by atoms with Gasteiger partial charge < -0.3 is 19.7 Å². The number of amides is 2. The fraction of sp³-hybridized carbons (Fsp3) is 0.333. The normalized spacial score (nSPS) is 12.6. The standard InChI is InChI=1S/C30H36ClN3O6S/c1-6-21(2)32-30(36)22(3)33(19-23-12-14-24(31)15-13-23)29(35)20-34(41(37,38)26-10-8-7-9-11-26)27-18-25(39-4)16-17-28(27)40-5/h7-18,21-22H,6,19-20H2,1-5H3,(H,32,36)/t21-,22-/m0/s1. The van der Waals surface area contributed by atoms with Gasteiger partial charge in [-0.25, -0.2) is 8.42 Å². The molecular weight excluding hydrogens is 566 g/mol. The fourth-order valence-corrected chi connectivity index (χ4v) is 5.62. The first-order valence-electron chi connectivity index (χ1n) is 13.2. The molecular formula is C30H36ClN3O6S. The average molecular weight is 602 g/mol. The second kappa shape index (κ2) is 14.2. The molecule has 0 aromatic heterocycles. The number of benzene rings is 3. The van der Waals surface area contributed by atoms with E-state index >= 15 is 0 Å². The zero-order valence-corrected chi connectivity index (χ0v) is 25.4. The van der Waals surface area contributed by atoms with Crippen LogP contribution in [-0.4, -0.2) is 58.0 Å². The maximum atomic E-state index is 14.1. The van der Waals surface area contributed by atoms with Crippen LogP contribution in [0.1, 0.15) is 32.8 Å². The van der Waals surface area contributed by atoms with E-state index in [0.29, 0.717) is 17.2 Å². The lowest BCUT2D eigenvalue weighted by Crippen LogP contribution is -2.52. The van der Waals surface area contributed by atoms with Gasteiger partial charge in [0.05, 0.1) is 24.8 Å². The van der Waals surface area contributed by atoms with Crippen LogP contribution in [0.4, 0.5) is 5.69 Å². The lowest BCUT2D eigenvalue weighted by molar-refractivity contribution is -0.139. The molecule has 3 rings (SSSR count). The summed E-state index contributed by atoms with van der Waals surface area (Å²) in [5.74, 6) is -0.333. The van der Waals surface area contributed by atoms with Gasteiger partial charge in [0.2, 0.25) is 11.8 Å². The van der Waals surface area contributed by atoms with Crippen LogP contribution in [-0.2, 0) is 26.2 Å². The minimum atomic E-state index is -4.26. The number of sulfonamides is 1. The molecule has 0 radical (unpaired) electrons. The third kappa shape index (κ3) is 7.92. The number of ether oxygens (including phenoxy) is 2. The second-order valence-electron chi connectivity index (χ2n) is 9.50. The molecule has 220 valence electrons. The number of carbonyl (C=O) groups excluding carboxylic acids is 2. The molecule has 9 nitrogen and oxygen atoms in total. The zero-order valence-electron chi connectivity index (χ0n) is 23.8. The van der Waals surface area contributed by atoms with Crippen molar-refractivity contribution in [2.75, 3.05) is 25.1 Å². The van der Waals surface area contributed by atoms with E-state index in [1.165, 1.54) is 37.3 Å². The van der Waals surface area contributed by atoms with Gasteiger partial charge in [0.1, 0.15) is 24.1 Å². The number of hydrogen-bond acceptors (Lipinski definition) is 6. The van der Waals surface area contributed by atoms with Gasteiger partial charge in [-0.15, -0.1) is 0 Å². The van der Waals surface area contributed by atoms with Gasteiger partial charge in [0, 0.05) is 23.7 Å². The first-order valence-corrected chi connectivity index (χ1v) is 15.0. The van der Waals surface area contributed by atoms with Crippen molar-refractivity contribution in [3.05, 3.63) is 83.4 Å². The van der Waals surface area contributed by atoms with Crippen LogP contribution in [0.3, 0.4) is 0 Å². The van der Waals surface area contributed by atoms with E-state index in [1.54, 1.807) is 61.5 Å². The van der Waals surface area contributed by atoms with Gasteiger partial charge >= 0.3 is 0 Å². The van der Waals surface area contributed by atoms with Crippen molar-refractivity contribution in [2.24, 2.45) is 0 Å². The monoisotopic (exact) mass is 601 g/mol. The van der Waals surface area contributed by atoms with Gasteiger partial charge in [-0.1, -0.05) is 48.9 Å². The predicted molar refractivity (Wildman–Crippen MR) is 160 cm³/mol. The summed E-state index contributed by atoms with van der Waals surface area (Å²) in [4.78, 5) is 28.6. The molecule has 1 N–H and O–H groups in total. The fourth-order valence-electron chi connectivity index (χ4n) is 4.06. The Morgan fingerprint density at radius 2 is 1.61 bits per heavy atom. The van der Waals surface area contributed by atoms with Crippen LogP contribution in [0.25, 0.3) is 0 Å². The minimum Gasteiger partial charge on any atom is -0.497 e. The Bertz CT molecular complexity index is 1430. The number of nitrogens with zero attached hydrogens (tertiary/aromatic N) is 2. The highest BCUT2D eigenvalue weighted by molar-refractivity contribution is 7.92. The number of nitrogens with one attached hydrogen (secondary N) is 1. The number of rotatable bonds is 13. The van der Waals surface area contributed by atoms with Crippen LogP contribution >= 0.6 is 11.6 Å². The Morgan fingerprint density at radius 1 is 0.951 bits per heavy atom. The second-order valence-corrected chi connectivity index (χ2v) is 11.8. The number of anilines is 1. The van der Waals surface area contributed by atoms with Gasteiger partial charge in [0.15, 0.2) is 0 Å². The van der Waals surface area contributed by atoms with E-state index in [2.05, 4.69) is 5.32 Å². The summed E-state index contributed by atoms with van der Waals surface area (Å²) >= 11 is 6.06. The molecule has 0 aliphatic carbocycles. The molecule has 0 unspecified atom stereocenters. The van der Waals surface area contributed by atoms with Crippen molar-refractivity contribution in [1.29, 1.82) is 0 Å². The number of carbonyl (C=O) groups is 2. The molecule has 0 aliphatic rings. The van der Waals surface area contributed by atoms with Gasteiger partial charge in [-0.3, -0.25) is 13.9 Å². The maximum Gasteiger partial charge on any atom is 0.264 e. The highest BCUT2D eigenvalue weighted by atomic mass is 35.5. The molecule has 2 amide bonds. The molecule has 0 fully saturated rings. The molecule has 0 aliphatic heterocycles. The molecule has 0 saturated carbocycles. The molecule has 0 heterocycles. The van der Waals surface area contributed by atoms with Crippen molar-refractivity contribution in [2.45, 2.75) is 50.7 Å². The van der Waals surface area contributed by atoms with E-state index < -0.39 is 28.5 Å². The summed E-state index contributed by atoms with van der Waals surface area (Å²) in [5, 5.41) is 3.44. The Kier molecular flexibility index (Phi) is 11.0. The van der Waals surface area contributed by atoms with E-state index in [1.807, 2.05) is 13.8 Å². The van der Waals surface area contributed by atoms with Crippen molar-refractivity contribution in [3.8, 4) is 11.5 Å². The smallest absolute Gasteiger partial charge is 0.264 e. The minimum absolute atomic E-state index is 0.00973. The van der Waals surface area contributed by atoms with Gasteiger partial charge in [-0.2, -0.15) is 0 Å². The lowest BCUT2D eigenvalue weighted by Gasteiger charge is -2.33. The molecule has 3 aromatic rings. The van der Waals surface area contributed by atoms with Crippen molar-refractivity contribution < 1.29 is 27.5 Å². The molecule has 2 atom stereocenters. The van der Waals surface area contributed by atoms with Crippen LogP contribution in [0.5, 0.6) is 11.5 Å². The van der Waals surface area contributed by atoms with E-state index in [0.717, 1.165) is 9.87 Å². The summed E-state index contributed by atoms with van der Waals surface area (Å²) in [6.07, 6.45) is 0.711. The predicted octanol–water partition coefficient (Wildman–Crippen LogP) is 4.88. The average Bonchev–Trinajstić information content (AvgIpc) is 2.98. The summed E-state index contributed by atoms with van der Waals surface area (Å²) in [7, 11) is -1.39. The van der Waals surface area contributed by atoms with Crippen LogP contribution in [0.15, 0.2) is 77.7 Å². The Morgan fingerprint density at radius 3 is 2.20 bits per heavy atom. The third-order valence-electron chi connectivity index (χ3n) is 6.70. The summed E-state index contributed by atoms with van der Waals surface area (Å²) in [6.45, 7) is 4.89. The molecule has 0 bridgehead atoms. The van der Waals surface area contributed by atoms with Gasteiger partial charge in [0.25, 0.3) is 10.0 Å². The van der Waals surface area contributed by atoms with Crippen molar-refractivity contribution >= 4 is 39.1 Å². The summed E-state index contributed by atoms with van der Waals surface area (Å²) in [6, 6.07) is 18.4. The summed E-state index contributed by atoms with van der Waals surface area (Å²) < 4.78 is 39.8.